The van der Waals surface area contributed by atoms with Crippen LogP contribution in [0.3, 0.4) is 0 Å². The smallest absolute Gasteiger partial charge is 0.227 e. The van der Waals surface area contributed by atoms with Crippen LogP contribution in [0.1, 0.15) is 32.3 Å². The molecule has 6 nitrogen and oxygen atoms in total. The maximum atomic E-state index is 13.8. The van der Waals surface area contributed by atoms with Crippen LogP contribution in [-0.4, -0.2) is 56.5 Å². The highest BCUT2D eigenvalue weighted by atomic mass is 19.1. The van der Waals surface area contributed by atoms with Crippen molar-refractivity contribution >= 4 is 23.2 Å². The third-order valence-electron chi connectivity index (χ3n) is 5.22. The van der Waals surface area contributed by atoms with Gasteiger partial charge in [0.15, 0.2) is 5.82 Å². The minimum Gasteiger partial charge on any atom is -0.378 e. The van der Waals surface area contributed by atoms with Crippen LogP contribution in [0.15, 0.2) is 6.07 Å². The second-order valence-corrected chi connectivity index (χ2v) is 7.23. The molecule has 2 atom stereocenters. The van der Waals surface area contributed by atoms with Crippen LogP contribution in [0, 0.1) is 12.8 Å². The molecule has 7 heteroatoms. The highest BCUT2D eigenvalue weighted by Crippen LogP contribution is 2.33. The van der Waals surface area contributed by atoms with Crippen LogP contribution in [-0.2, 0) is 9.53 Å². The number of aryl methyl sites for hydroxylation is 1. The Morgan fingerprint density at radius 2 is 2.08 bits per heavy atom. The van der Waals surface area contributed by atoms with Gasteiger partial charge in [0, 0.05) is 25.6 Å². The summed E-state index contributed by atoms with van der Waals surface area (Å²) in [6.07, 6.45) is 0.430. The largest absolute Gasteiger partial charge is 0.378 e. The fraction of sp³-hybridized carbons (Fsp3) is 0.684. The molecule has 0 radical (unpaired) electrons. The Morgan fingerprint density at radius 1 is 1.35 bits per heavy atom. The molecule has 0 aromatic carbocycles. The standard InChI is InChI=1S/C19H29FN4O2/c1-4-13(2)19(25)21-16-11-14(3)17(23-7-9-26-10-8-23)22-18(16)24-6-5-15(20)12-24/h11,13,15H,4-10,12H2,1-3H3,(H,21,25). The fourth-order valence-corrected chi connectivity index (χ4v) is 3.37. The van der Waals surface area contributed by atoms with E-state index in [1.165, 1.54) is 0 Å². The second kappa shape index (κ2) is 8.20. The van der Waals surface area contributed by atoms with Gasteiger partial charge in [-0.05, 0) is 31.4 Å². The van der Waals surface area contributed by atoms with E-state index < -0.39 is 6.17 Å². The topological polar surface area (TPSA) is 57.7 Å². The Hall–Kier alpha value is -1.89. The summed E-state index contributed by atoms with van der Waals surface area (Å²) in [5, 5.41) is 3.02. The number of nitrogens with one attached hydrogen (secondary N) is 1. The van der Waals surface area contributed by atoms with Crippen molar-refractivity contribution in [3.8, 4) is 0 Å². The van der Waals surface area contributed by atoms with Crippen molar-refractivity contribution in [2.75, 3.05) is 54.5 Å². The van der Waals surface area contributed by atoms with E-state index in [0.717, 1.165) is 30.9 Å². The van der Waals surface area contributed by atoms with Gasteiger partial charge in [0.1, 0.15) is 12.0 Å². The number of anilines is 3. The molecule has 144 valence electrons. The van der Waals surface area contributed by atoms with E-state index in [2.05, 4.69) is 10.2 Å². The summed E-state index contributed by atoms with van der Waals surface area (Å²) in [4.78, 5) is 21.4. The lowest BCUT2D eigenvalue weighted by molar-refractivity contribution is -0.119. The molecule has 2 aliphatic rings. The van der Waals surface area contributed by atoms with Crippen molar-refractivity contribution < 1.29 is 13.9 Å². The zero-order valence-corrected chi connectivity index (χ0v) is 15.9. The van der Waals surface area contributed by atoms with E-state index >= 15 is 0 Å². The van der Waals surface area contributed by atoms with Crippen molar-refractivity contribution in [2.45, 2.75) is 39.8 Å². The summed E-state index contributed by atoms with van der Waals surface area (Å²) in [6.45, 7) is 9.78. The lowest BCUT2D eigenvalue weighted by atomic mass is 10.1. The maximum absolute atomic E-state index is 13.8. The van der Waals surface area contributed by atoms with E-state index in [1.54, 1.807) is 0 Å². The minimum absolute atomic E-state index is 0.0231. The number of nitrogens with zero attached hydrogens (tertiary/aromatic N) is 3. The van der Waals surface area contributed by atoms with Gasteiger partial charge in [0.25, 0.3) is 0 Å². The summed E-state index contributed by atoms with van der Waals surface area (Å²) < 4.78 is 19.2. The van der Waals surface area contributed by atoms with Crippen molar-refractivity contribution in [3.05, 3.63) is 11.6 Å². The lowest BCUT2D eigenvalue weighted by Crippen LogP contribution is -2.37. The second-order valence-electron chi connectivity index (χ2n) is 7.23. The lowest BCUT2D eigenvalue weighted by Gasteiger charge is -2.31. The first-order valence-electron chi connectivity index (χ1n) is 9.53. The SMILES string of the molecule is CCC(C)C(=O)Nc1cc(C)c(N2CCOCC2)nc1N1CCC(F)C1. The molecule has 1 N–H and O–H groups in total. The molecule has 1 aromatic rings. The number of halogens is 1. The summed E-state index contributed by atoms with van der Waals surface area (Å²) in [5.74, 6) is 1.47. The third-order valence-corrected chi connectivity index (χ3v) is 5.22. The van der Waals surface area contributed by atoms with Gasteiger partial charge in [0.05, 0.1) is 25.4 Å². The number of amides is 1. The van der Waals surface area contributed by atoms with Crippen LogP contribution in [0.2, 0.25) is 0 Å². The number of pyridine rings is 1. The predicted molar refractivity (Wildman–Crippen MR) is 102 cm³/mol. The average Bonchev–Trinajstić information content (AvgIpc) is 3.08. The fourth-order valence-electron chi connectivity index (χ4n) is 3.37. The van der Waals surface area contributed by atoms with Gasteiger partial charge in [-0.1, -0.05) is 13.8 Å². The Morgan fingerprint density at radius 3 is 2.69 bits per heavy atom. The molecule has 26 heavy (non-hydrogen) atoms. The molecule has 0 saturated carbocycles. The normalized spacial score (nSPS) is 21.8. The molecule has 2 aliphatic heterocycles. The van der Waals surface area contributed by atoms with E-state index in [9.17, 15) is 9.18 Å². The van der Waals surface area contributed by atoms with Gasteiger partial charge >= 0.3 is 0 Å². The number of alkyl halides is 1. The van der Waals surface area contributed by atoms with Crippen molar-refractivity contribution in [3.63, 3.8) is 0 Å². The molecule has 0 bridgehead atoms. The highest BCUT2D eigenvalue weighted by Gasteiger charge is 2.28. The number of carbonyl (C=O) groups is 1. The van der Waals surface area contributed by atoms with Gasteiger partial charge in [-0.25, -0.2) is 9.37 Å². The van der Waals surface area contributed by atoms with Crippen LogP contribution < -0.4 is 15.1 Å². The Kier molecular flexibility index (Phi) is 5.96. The predicted octanol–water partition coefficient (Wildman–Crippen LogP) is 2.76. The summed E-state index contributed by atoms with van der Waals surface area (Å²) in [5.41, 5.74) is 1.69. The molecule has 0 spiro atoms. The van der Waals surface area contributed by atoms with Crippen LogP contribution >= 0.6 is 0 Å². The molecule has 2 saturated heterocycles. The Bertz CT molecular complexity index is 649. The maximum Gasteiger partial charge on any atom is 0.227 e. The zero-order chi connectivity index (χ0) is 18.7. The number of hydrogen-bond donors (Lipinski definition) is 1. The summed E-state index contributed by atoms with van der Waals surface area (Å²) in [7, 11) is 0. The van der Waals surface area contributed by atoms with Crippen LogP contribution in [0.5, 0.6) is 0 Å². The molecular formula is C19H29FN4O2. The van der Waals surface area contributed by atoms with Gasteiger partial charge in [-0.15, -0.1) is 0 Å². The van der Waals surface area contributed by atoms with E-state index in [0.29, 0.717) is 44.2 Å². The first-order chi connectivity index (χ1) is 12.5. The summed E-state index contributed by atoms with van der Waals surface area (Å²) in [6, 6.07) is 1.97. The first kappa shape index (κ1) is 18.9. The van der Waals surface area contributed by atoms with Gasteiger partial charge in [-0.3, -0.25) is 4.79 Å². The van der Waals surface area contributed by atoms with Crippen LogP contribution in [0.4, 0.5) is 21.7 Å². The van der Waals surface area contributed by atoms with Gasteiger partial charge < -0.3 is 19.9 Å². The third kappa shape index (κ3) is 4.09. The summed E-state index contributed by atoms with van der Waals surface area (Å²) >= 11 is 0. The molecule has 2 unspecified atom stereocenters. The Labute approximate surface area is 154 Å². The molecule has 1 amide bonds. The first-order valence-corrected chi connectivity index (χ1v) is 9.53. The molecule has 1 aromatic heterocycles. The van der Waals surface area contributed by atoms with Crippen LogP contribution in [0.25, 0.3) is 0 Å². The minimum atomic E-state index is -0.844. The number of morpholine rings is 1. The van der Waals surface area contributed by atoms with Crippen molar-refractivity contribution in [2.24, 2.45) is 5.92 Å². The average molecular weight is 364 g/mol. The number of ether oxygens (including phenoxy) is 1. The number of hydrogen-bond acceptors (Lipinski definition) is 5. The molecular weight excluding hydrogens is 335 g/mol. The monoisotopic (exact) mass is 364 g/mol. The number of rotatable bonds is 5. The molecule has 3 rings (SSSR count). The molecule has 0 aliphatic carbocycles. The number of carbonyl (C=O) groups excluding carboxylic acids is 1. The number of aromatic nitrogens is 1. The molecule has 2 fully saturated rings. The zero-order valence-electron chi connectivity index (χ0n) is 15.9. The van der Waals surface area contributed by atoms with E-state index in [4.69, 9.17) is 9.72 Å². The van der Waals surface area contributed by atoms with Gasteiger partial charge in [0.2, 0.25) is 5.91 Å². The quantitative estimate of drug-likeness (QED) is 0.871. The Balaban J connectivity index is 1.93. The molecule has 3 heterocycles. The van der Waals surface area contributed by atoms with E-state index in [1.807, 2.05) is 31.7 Å². The van der Waals surface area contributed by atoms with Gasteiger partial charge in [-0.2, -0.15) is 0 Å². The van der Waals surface area contributed by atoms with E-state index in [-0.39, 0.29) is 11.8 Å². The van der Waals surface area contributed by atoms with Crippen molar-refractivity contribution in [1.82, 2.24) is 4.98 Å². The van der Waals surface area contributed by atoms with Crippen molar-refractivity contribution in [1.29, 1.82) is 0 Å². The highest BCUT2D eigenvalue weighted by molar-refractivity contribution is 5.95.